The fourth-order valence-corrected chi connectivity index (χ4v) is 2.91. The molecular formula is C22H24N4O3. The van der Waals surface area contributed by atoms with Gasteiger partial charge in [0.25, 0.3) is 5.91 Å². The highest BCUT2D eigenvalue weighted by molar-refractivity contribution is 5.93. The number of aromatic nitrogens is 2. The molecule has 7 heteroatoms. The van der Waals surface area contributed by atoms with Gasteiger partial charge in [0.15, 0.2) is 0 Å². The van der Waals surface area contributed by atoms with E-state index >= 15 is 0 Å². The van der Waals surface area contributed by atoms with Gasteiger partial charge in [-0.3, -0.25) is 4.79 Å². The molecule has 0 radical (unpaired) electrons. The predicted octanol–water partition coefficient (Wildman–Crippen LogP) is 3.52. The zero-order valence-corrected chi connectivity index (χ0v) is 16.7. The lowest BCUT2D eigenvalue weighted by molar-refractivity contribution is 0.0948. The number of ether oxygens (including phenoxy) is 2. The fourth-order valence-electron chi connectivity index (χ4n) is 2.91. The van der Waals surface area contributed by atoms with Gasteiger partial charge in [-0.25, -0.2) is 9.97 Å². The van der Waals surface area contributed by atoms with E-state index in [1.807, 2.05) is 48.5 Å². The van der Waals surface area contributed by atoms with Crippen LogP contribution in [0.5, 0.6) is 11.5 Å². The van der Waals surface area contributed by atoms with E-state index < -0.39 is 0 Å². The third-order valence-corrected chi connectivity index (χ3v) is 4.29. The molecule has 2 N–H and O–H groups in total. The Morgan fingerprint density at radius 2 is 1.83 bits per heavy atom. The highest BCUT2D eigenvalue weighted by atomic mass is 16.5. The van der Waals surface area contributed by atoms with Crippen LogP contribution in [0, 0.1) is 6.92 Å². The Morgan fingerprint density at radius 1 is 1.00 bits per heavy atom. The second kappa shape index (κ2) is 9.54. The van der Waals surface area contributed by atoms with Crippen LogP contribution in [0.1, 0.15) is 21.9 Å². The molecule has 150 valence electrons. The number of anilines is 2. The quantitative estimate of drug-likeness (QED) is 0.610. The van der Waals surface area contributed by atoms with Crippen molar-refractivity contribution < 1.29 is 14.3 Å². The topological polar surface area (TPSA) is 85.4 Å². The maximum atomic E-state index is 12.6. The summed E-state index contributed by atoms with van der Waals surface area (Å²) in [7, 11) is 3.25. The van der Waals surface area contributed by atoms with Crippen molar-refractivity contribution in [2.75, 3.05) is 26.1 Å². The molecule has 0 saturated heterocycles. The van der Waals surface area contributed by atoms with E-state index in [0.717, 1.165) is 22.7 Å². The summed E-state index contributed by atoms with van der Waals surface area (Å²) in [4.78, 5) is 21.2. The number of benzene rings is 2. The smallest absolute Gasteiger partial charge is 0.270 e. The molecule has 0 atom stereocenters. The molecule has 3 rings (SSSR count). The predicted molar refractivity (Wildman–Crippen MR) is 112 cm³/mol. The Bertz CT molecular complexity index is 991. The van der Waals surface area contributed by atoms with Crippen LogP contribution in [0.3, 0.4) is 0 Å². The molecule has 1 amide bonds. The first-order valence-electron chi connectivity index (χ1n) is 9.26. The lowest BCUT2D eigenvalue weighted by Crippen LogP contribution is -2.27. The number of methoxy groups -OCH3 is 2. The molecule has 29 heavy (non-hydrogen) atoms. The highest BCUT2D eigenvalue weighted by Gasteiger charge is 2.11. The summed E-state index contributed by atoms with van der Waals surface area (Å²) in [6, 6.07) is 16.9. The van der Waals surface area contributed by atoms with Crippen LogP contribution in [0.2, 0.25) is 0 Å². The van der Waals surface area contributed by atoms with Gasteiger partial charge in [-0.05, 0) is 37.1 Å². The minimum atomic E-state index is -0.251. The molecule has 0 aliphatic rings. The van der Waals surface area contributed by atoms with Gasteiger partial charge in [0, 0.05) is 24.4 Å². The molecule has 0 spiro atoms. The Hall–Kier alpha value is -3.61. The van der Waals surface area contributed by atoms with Gasteiger partial charge in [0.05, 0.1) is 14.2 Å². The van der Waals surface area contributed by atoms with E-state index in [-0.39, 0.29) is 5.91 Å². The number of hydrogen-bond acceptors (Lipinski definition) is 6. The van der Waals surface area contributed by atoms with E-state index in [1.54, 1.807) is 27.2 Å². The van der Waals surface area contributed by atoms with Crippen molar-refractivity contribution >= 4 is 17.4 Å². The molecule has 0 aliphatic carbocycles. The molecule has 7 nitrogen and oxygen atoms in total. The molecule has 0 saturated carbocycles. The fraction of sp³-hybridized carbons (Fsp3) is 0.227. The minimum Gasteiger partial charge on any atom is -0.497 e. The van der Waals surface area contributed by atoms with Crippen LogP contribution in [0.4, 0.5) is 11.5 Å². The van der Waals surface area contributed by atoms with Gasteiger partial charge in [-0.2, -0.15) is 0 Å². The number of aryl methyl sites for hydroxylation is 1. The second-order valence-corrected chi connectivity index (χ2v) is 6.36. The van der Waals surface area contributed by atoms with Gasteiger partial charge in [-0.15, -0.1) is 0 Å². The van der Waals surface area contributed by atoms with E-state index in [9.17, 15) is 4.79 Å². The molecule has 1 heterocycles. The number of amides is 1. The first-order valence-corrected chi connectivity index (χ1v) is 9.26. The SMILES string of the molecule is COc1cccc(Nc2cc(C(=O)NCCc3ccccc3OC)nc(C)n2)c1. The van der Waals surface area contributed by atoms with E-state index in [2.05, 4.69) is 20.6 Å². The molecule has 0 fully saturated rings. The van der Waals surface area contributed by atoms with Crippen molar-refractivity contribution in [3.63, 3.8) is 0 Å². The van der Waals surface area contributed by atoms with Crippen molar-refractivity contribution in [2.24, 2.45) is 0 Å². The van der Waals surface area contributed by atoms with Gasteiger partial charge < -0.3 is 20.1 Å². The van der Waals surface area contributed by atoms with E-state index in [1.165, 1.54) is 0 Å². The number of para-hydroxylation sites is 1. The second-order valence-electron chi connectivity index (χ2n) is 6.36. The van der Waals surface area contributed by atoms with Crippen molar-refractivity contribution in [3.8, 4) is 11.5 Å². The molecule has 1 aromatic heterocycles. The van der Waals surface area contributed by atoms with Crippen LogP contribution in [0.25, 0.3) is 0 Å². The number of nitrogens with zero attached hydrogens (tertiary/aromatic N) is 2. The van der Waals surface area contributed by atoms with Gasteiger partial charge >= 0.3 is 0 Å². The number of nitrogens with one attached hydrogen (secondary N) is 2. The molecule has 3 aromatic rings. The number of carbonyl (C=O) groups excluding carboxylic acids is 1. The molecule has 0 unspecified atom stereocenters. The lowest BCUT2D eigenvalue weighted by atomic mass is 10.1. The summed E-state index contributed by atoms with van der Waals surface area (Å²) >= 11 is 0. The average molecular weight is 392 g/mol. The zero-order valence-electron chi connectivity index (χ0n) is 16.7. The normalized spacial score (nSPS) is 10.3. The maximum absolute atomic E-state index is 12.6. The summed E-state index contributed by atoms with van der Waals surface area (Å²) in [5.74, 6) is 2.34. The number of rotatable bonds is 8. The van der Waals surface area contributed by atoms with Crippen LogP contribution < -0.4 is 20.1 Å². The van der Waals surface area contributed by atoms with Crippen LogP contribution in [-0.4, -0.2) is 36.6 Å². The van der Waals surface area contributed by atoms with Gasteiger partial charge in [0.2, 0.25) is 0 Å². The molecule has 0 bridgehead atoms. The lowest BCUT2D eigenvalue weighted by Gasteiger charge is -2.11. The van der Waals surface area contributed by atoms with Crippen molar-refractivity contribution in [3.05, 3.63) is 71.7 Å². The van der Waals surface area contributed by atoms with Gasteiger partial charge in [0.1, 0.15) is 28.8 Å². The third kappa shape index (κ3) is 5.44. The van der Waals surface area contributed by atoms with Crippen LogP contribution in [-0.2, 0) is 6.42 Å². The number of carbonyl (C=O) groups is 1. The summed E-state index contributed by atoms with van der Waals surface area (Å²) in [5, 5.41) is 6.09. The third-order valence-electron chi connectivity index (χ3n) is 4.29. The molecular weight excluding hydrogens is 368 g/mol. The van der Waals surface area contributed by atoms with Crippen molar-refractivity contribution in [1.82, 2.24) is 15.3 Å². The summed E-state index contributed by atoms with van der Waals surface area (Å²) in [6.07, 6.45) is 0.661. The van der Waals surface area contributed by atoms with Crippen LogP contribution in [0.15, 0.2) is 54.6 Å². The maximum Gasteiger partial charge on any atom is 0.270 e. The first-order chi connectivity index (χ1) is 14.1. The minimum absolute atomic E-state index is 0.251. The number of hydrogen-bond donors (Lipinski definition) is 2. The van der Waals surface area contributed by atoms with Crippen LogP contribution >= 0.6 is 0 Å². The first kappa shape index (κ1) is 20.1. The zero-order chi connectivity index (χ0) is 20.6. The Balaban J connectivity index is 1.66. The Morgan fingerprint density at radius 3 is 2.62 bits per heavy atom. The summed E-state index contributed by atoms with van der Waals surface area (Å²) in [5.41, 5.74) is 2.16. The van der Waals surface area contributed by atoms with E-state index in [0.29, 0.717) is 30.3 Å². The molecule has 2 aromatic carbocycles. The monoisotopic (exact) mass is 392 g/mol. The Labute approximate surface area is 170 Å². The average Bonchev–Trinajstić information content (AvgIpc) is 2.73. The summed E-state index contributed by atoms with van der Waals surface area (Å²) in [6.45, 7) is 2.23. The largest absolute Gasteiger partial charge is 0.497 e. The van der Waals surface area contributed by atoms with Crippen molar-refractivity contribution in [1.29, 1.82) is 0 Å². The standard InChI is InChI=1S/C22H24N4O3/c1-15-24-19(14-21(25-15)26-17-8-6-9-18(13-17)28-2)22(27)23-12-11-16-7-4-5-10-20(16)29-3/h4-10,13-14H,11-12H2,1-3H3,(H,23,27)(H,24,25,26). The highest BCUT2D eigenvalue weighted by Crippen LogP contribution is 2.21. The van der Waals surface area contributed by atoms with Gasteiger partial charge in [-0.1, -0.05) is 24.3 Å². The van der Waals surface area contributed by atoms with E-state index in [4.69, 9.17) is 9.47 Å². The van der Waals surface area contributed by atoms with Crippen molar-refractivity contribution in [2.45, 2.75) is 13.3 Å². The Kier molecular flexibility index (Phi) is 6.63. The molecule has 0 aliphatic heterocycles. The summed E-state index contributed by atoms with van der Waals surface area (Å²) < 4.78 is 10.6.